The van der Waals surface area contributed by atoms with Crippen molar-refractivity contribution in [2.24, 2.45) is 0 Å². The van der Waals surface area contributed by atoms with Crippen molar-refractivity contribution in [1.29, 1.82) is 0 Å². The summed E-state index contributed by atoms with van der Waals surface area (Å²) in [5, 5.41) is 0. The molecule has 0 saturated carbocycles. The molecular formula is C45H50F8N4O6. The van der Waals surface area contributed by atoms with Gasteiger partial charge >= 0.3 is 12.7 Å². The lowest BCUT2D eigenvalue weighted by Crippen LogP contribution is -2.49. The van der Waals surface area contributed by atoms with Crippen LogP contribution < -0.4 is 18.9 Å². The van der Waals surface area contributed by atoms with E-state index in [2.05, 4.69) is 19.3 Å². The highest BCUT2D eigenvalue weighted by molar-refractivity contribution is 5.77. The first-order chi connectivity index (χ1) is 30.1. The first-order valence-corrected chi connectivity index (χ1v) is 20.5. The molecule has 0 bridgehead atoms. The zero-order valence-electron chi connectivity index (χ0n) is 34.5. The summed E-state index contributed by atoms with van der Waals surface area (Å²) in [6, 6.07) is 23.2. The molecule has 2 saturated heterocycles. The van der Waals surface area contributed by atoms with Crippen LogP contribution >= 0.6 is 0 Å². The number of benzene rings is 4. The van der Waals surface area contributed by atoms with Gasteiger partial charge in [0.1, 0.15) is 47.8 Å². The smallest absolute Gasteiger partial charge is 0.492 e. The van der Waals surface area contributed by atoms with E-state index in [1.54, 1.807) is 47.4 Å². The highest BCUT2D eigenvalue weighted by atomic mass is 19.4. The van der Waals surface area contributed by atoms with E-state index in [1.165, 1.54) is 54.6 Å². The number of ether oxygens (including phenoxy) is 4. The molecule has 4 aromatic carbocycles. The summed E-state index contributed by atoms with van der Waals surface area (Å²) in [6.07, 6.45) is -7.23. The van der Waals surface area contributed by atoms with Crippen molar-refractivity contribution in [2.75, 3.05) is 78.7 Å². The lowest BCUT2D eigenvalue weighted by Gasteiger charge is -2.34. The fraction of sp³-hybridized carbons (Fsp3) is 0.422. The van der Waals surface area contributed by atoms with Gasteiger partial charge in [-0.2, -0.15) is 0 Å². The molecule has 2 aliphatic heterocycles. The summed E-state index contributed by atoms with van der Waals surface area (Å²) in [5.74, 6) is 0.158. The zero-order valence-corrected chi connectivity index (χ0v) is 34.5. The van der Waals surface area contributed by atoms with Crippen LogP contribution in [0.15, 0.2) is 97.1 Å². The summed E-state index contributed by atoms with van der Waals surface area (Å²) in [4.78, 5) is 32.9. The van der Waals surface area contributed by atoms with Crippen molar-refractivity contribution in [3.05, 3.63) is 120 Å². The molecule has 0 spiro atoms. The standard InChI is InChI=1S/C23H26F4N2O3.C22H24F4N2O3/c24-19-6-10-20(11-7-19)31-17-16-28-12-14-29(15-13-28)22(30)3-1-2-18-4-8-21(9-5-18)32-23(25,26)27;23-18-5-7-19(8-6-18)30-15-14-27-10-12-28(13-11-27)21(29)9-4-17-2-1-3-20(16-17)31-22(24,25)26/h4-11H,1-3,12-17H2;1-3,5-8,16H,4,9-15H2. The van der Waals surface area contributed by atoms with Crippen LogP contribution in [0.5, 0.6) is 23.0 Å². The van der Waals surface area contributed by atoms with E-state index in [4.69, 9.17) is 9.47 Å². The maximum Gasteiger partial charge on any atom is 0.573 e. The fourth-order valence-corrected chi connectivity index (χ4v) is 6.86. The summed E-state index contributed by atoms with van der Waals surface area (Å²) < 4.78 is 118. The Balaban J connectivity index is 0.000000238. The SMILES string of the molecule is O=C(CCCc1ccc(OC(F)(F)F)cc1)N1CCN(CCOc2ccc(F)cc2)CC1.O=C(CCc1cccc(OC(F)(F)F)c1)N1CCN(CCOc2ccc(F)cc2)CC1. The first-order valence-electron chi connectivity index (χ1n) is 20.5. The molecule has 2 heterocycles. The minimum absolute atomic E-state index is 0.0237. The third kappa shape index (κ3) is 18.3. The Labute approximate surface area is 360 Å². The Morgan fingerprint density at radius 2 is 0.937 bits per heavy atom. The Morgan fingerprint density at radius 1 is 0.492 bits per heavy atom. The molecule has 0 unspecified atom stereocenters. The van der Waals surface area contributed by atoms with E-state index in [0.29, 0.717) is 102 Å². The monoisotopic (exact) mass is 894 g/mol. The van der Waals surface area contributed by atoms with Crippen LogP contribution in [0, 0.1) is 11.6 Å². The summed E-state index contributed by atoms with van der Waals surface area (Å²) >= 11 is 0. The Bertz CT molecular complexity index is 1990. The minimum Gasteiger partial charge on any atom is -0.492 e. The van der Waals surface area contributed by atoms with Gasteiger partial charge in [0.15, 0.2) is 0 Å². The zero-order chi connectivity index (χ0) is 45.2. The molecule has 10 nitrogen and oxygen atoms in total. The average Bonchev–Trinajstić information content (AvgIpc) is 3.24. The number of carbonyl (C=O) groups excluding carboxylic acids is 2. The largest absolute Gasteiger partial charge is 0.573 e. The molecule has 18 heteroatoms. The van der Waals surface area contributed by atoms with Gasteiger partial charge in [0, 0.05) is 78.3 Å². The van der Waals surface area contributed by atoms with Crippen LogP contribution in [0.4, 0.5) is 35.1 Å². The molecule has 2 aliphatic rings. The number of aryl methyl sites for hydroxylation is 2. The van der Waals surface area contributed by atoms with Gasteiger partial charge in [-0.3, -0.25) is 19.4 Å². The van der Waals surface area contributed by atoms with Crippen molar-refractivity contribution in [2.45, 2.75) is 44.8 Å². The second kappa shape index (κ2) is 23.7. The molecular weight excluding hydrogens is 845 g/mol. The molecule has 0 radical (unpaired) electrons. The lowest BCUT2D eigenvalue weighted by molar-refractivity contribution is -0.275. The van der Waals surface area contributed by atoms with Crippen molar-refractivity contribution in [3.8, 4) is 23.0 Å². The predicted octanol–water partition coefficient (Wildman–Crippen LogP) is 8.15. The molecule has 0 atom stereocenters. The second-order valence-electron chi connectivity index (χ2n) is 14.8. The van der Waals surface area contributed by atoms with E-state index in [9.17, 15) is 44.7 Å². The number of hydrogen-bond acceptors (Lipinski definition) is 8. The lowest BCUT2D eigenvalue weighted by atomic mass is 10.1. The number of hydrogen-bond donors (Lipinski definition) is 0. The number of piperazine rings is 2. The Morgan fingerprint density at radius 3 is 1.41 bits per heavy atom. The van der Waals surface area contributed by atoms with Gasteiger partial charge in [-0.25, -0.2) is 8.78 Å². The number of alkyl halides is 6. The highest BCUT2D eigenvalue weighted by Gasteiger charge is 2.32. The quantitative estimate of drug-likeness (QED) is 0.0984. The maximum atomic E-state index is 12.9. The normalized spacial score (nSPS) is 15.0. The number of halogens is 8. The van der Waals surface area contributed by atoms with Gasteiger partial charge in [0.2, 0.25) is 11.8 Å². The fourth-order valence-electron chi connectivity index (χ4n) is 6.86. The van der Waals surface area contributed by atoms with Crippen LogP contribution in [-0.4, -0.2) is 123 Å². The van der Waals surface area contributed by atoms with Crippen molar-refractivity contribution < 1.29 is 63.7 Å². The number of amides is 2. The van der Waals surface area contributed by atoms with Gasteiger partial charge < -0.3 is 28.7 Å². The average molecular weight is 895 g/mol. The molecule has 2 amide bonds. The maximum absolute atomic E-state index is 12.9. The molecule has 0 aliphatic carbocycles. The summed E-state index contributed by atoms with van der Waals surface area (Å²) in [7, 11) is 0. The van der Waals surface area contributed by atoms with Gasteiger partial charge in [-0.15, -0.1) is 26.3 Å². The molecule has 63 heavy (non-hydrogen) atoms. The molecule has 4 aromatic rings. The minimum atomic E-state index is -4.74. The molecule has 0 aromatic heterocycles. The molecule has 2 fully saturated rings. The van der Waals surface area contributed by atoms with E-state index in [1.807, 2.05) is 4.90 Å². The van der Waals surface area contributed by atoms with Crippen LogP contribution in [-0.2, 0) is 22.4 Å². The van der Waals surface area contributed by atoms with E-state index >= 15 is 0 Å². The van der Waals surface area contributed by atoms with Crippen molar-refractivity contribution in [3.63, 3.8) is 0 Å². The van der Waals surface area contributed by atoms with Crippen LogP contribution in [0.1, 0.15) is 30.4 Å². The third-order valence-corrected chi connectivity index (χ3v) is 10.2. The van der Waals surface area contributed by atoms with E-state index in [-0.39, 0.29) is 41.4 Å². The number of carbonyl (C=O) groups is 2. The molecule has 0 N–H and O–H groups in total. The number of rotatable bonds is 17. The predicted molar refractivity (Wildman–Crippen MR) is 217 cm³/mol. The van der Waals surface area contributed by atoms with Crippen LogP contribution in [0.25, 0.3) is 0 Å². The first kappa shape index (κ1) is 48.4. The van der Waals surface area contributed by atoms with Crippen molar-refractivity contribution in [1.82, 2.24) is 19.6 Å². The van der Waals surface area contributed by atoms with Gasteiger partial charge in [-0.1, -0.05) is 24.3 Å². The van der Waals surface area contributed by atoms with Gasteiger partial charge in [0.25, 0.3) is 0 Å². The molecule has 6 rings (SSSR count). The highest BCUT2D eigenvalue weighted by Crippen LogP contribution is 2.25. The number of nitrogens with zero attached hydrogens (tertiary/aromatic N) is 4. The topological polar surface area (TPSA) is 84.0 Å². The molecule has 342 valence electrons. The summed E-state index contributed by atoms with van der Waals surface area (Å²) in [6.45, 7) is 7.83. The van der Waals surface area contributed by atoms with E-state index < -0.39 is 12.7 Å². The Kier molecular flexibility index (Phi) is 18.2. The van der Waals surface area contributed by atoms with E-state index in [0.717, 1.165) is 25.2 Å². The van der Waals surface area contributed by atoms with Crippen molar-refractivity contribution >= 4 is 11.8 Å². The summed E-state index contributed by atoms with van der Waals surface area (Å²) in [5.41, 5.74) is 1.48. The van der Waals surface area contributed by atoms with Crippen LogP contribution in [0.2, 0.25) is 0 Å². The van der Waals surface area contributed by atoms with Gasteiger partial charge in [0.05, 0.1) is 0 Å². The third-order valence-electron chi connectivity index (χ3n) is 10.2. The van der Waals surface area contributed by atoms with Gasteiger partial charge in [-0.05, 0) is 103 Å². The van der Waals surface area contributed by atoms with Crippen LogP contribution in [0.3, 0.4) is 0 Å². The second-order valence-corrected chi connectivity index (χ2v) is 14.8. The Hall–Kier alpha value is -5.62.